The number of alkyl halides is 3. The van der Waals surface area contributed by atoms with Gasteiger partial charge in [0, 0.05) is 62.1 Å². The summed E-state index contributed by atoms with van der Waals surface area (Å²) >= 11 is 1.69. The van der Waals surface area contributed by atoms with Gasteiger partial charge in [0.05, 0.1) is 12.0 Å². The maximum Gasteiger partial charge on any atom is 0.490 e. The average molecular weight is 488 g/mol. The van der Waals surface area contributed by atoms with Gasteiger partial charge in [-0.1, -0.05) is 0 Å². The lowest BCUT2D eigenvalue weighted by molar-refractivity contribution is -0.192. The number of carboxylic acid groups (broad SMARTS) is 1. The van der Waals surface area contributed by atoms with E-state index in [1.165, 1.54) is 5.69 Å². The molecule has 0 bridgehead atoms. The van der Waals surface area contributed by atoms with Gasteiger partial charge >= 0.3 is 12.1 Å². The van der Waals surface area contributed by atoms with Crippen LogP contribution in [-0.4, -0.2) is 74.4 Å². The first-order valence-corrected chi connectivity index (χ1v) is 11.5. The lowest BCUT2D eigenvalue weighted by Crippen LogP contribution is -2.50. The van der Waals surface area contributed by atoms with Crippen LogP contribution >= 0.6 is 11.3 Å². The molecule has 1 N–H and O–H groups in total. The van der Waals surface area contributed by atoms with Crippen LogP contribution in [0.2, 0.25) is 0 Å². The van der Waals surface area contributed by atoms with Gasteiger partial charge in [-0.3, -0.25) is 14.4 Å². The molecule has 0 unspecified atom stereocenters. The lowest BCUT2D eigenvalue weighted by atomic mass is 9.70. The van der Waals surface area contributed by atoms with E-state index in [9.17, 15) is 18.0 Å². The summed E-state index contributed by atoms with van der Waals surface area (Å²) < 4.78 is 33.8. The molecule has 33 heavy (non-hydrogen) atoms. The summed E-state index contributed by atoms with van der Waals surface area (Å²) in [7, 11) is 1.95. The van der Waals surface area contributed by atoms with E-state index in [4.69, 9.17) is 9.90 Å². The number of rotatable bonds is 4. The van der Waals surface area contributed by atoms with Crippen LogP contribution in [0.5, 0.6) is 0 Å². The molecule has 0 saturated carbocycles. The summed E-state index contributed by atoms with van der Waals surface area (Å²) in [6, 6.07) is 2.41. The lowest BCUT2D eigenvalue weighted by Gasteiger charge is -2.41. The van der Waals surface area contributed by atoms with Crippen molar-refractivity contribution in [3.05, 3.63) is 34.5 Å². The van der Waals surface area contributed by atoms with Gasteiger partial charge < -0.3 is 10.0 Å². The van der Waals surface area contributed by atoms with Crippen LogP contribution in [0.4, 0.5) is 13.2 Å². The minimum atomic E-state index is -5.08. The molecule has 0 radical (unpaired) electrons. The van der Waals surface area contributed by atoms with Crippen molar-refractivity contribution in [2.75, 3.05) is 26.7 Å². The highest BCUT2D eigenvalue weighted by atomic mass is 32.1. The Labute approximate surface area is 194 Å². The number of hydrogen-bond acceptors (Lipinski definition) is 6. The molecule has 2 saturated heterocycles. The molecule has 8 nitrogen and oxygen atoms in total. The summed E-state index contributed by atoms with van der Waals surface area (Å²) in [4.78, 5) is 31.0. The smallest absolute Gasteiger partial charge is 0.475 e. The third-order valence-electron chi connectivity index (χ3n) is 6.13. The average Bonchev–Trinajstić information content (AvgIpc) is 3.46. The minimum absolute atomic E-state index is 0.183. The first-order valence-electron chi connectivity index (χ1n) is 10.7. The number of thiazole rings is 1. The van der Waals surface area contributed by atoms with Crippen molar-refractivity contribution in [2.24, 2.45) is 5.41 Å². The van der Waals surface area contributed by atoms with E-state index in [2.05, 4.69) is 39.6 Å². The fourth-order valence-electron chi connectivity index (χ4n) is 4.75. The minimum Gasteiger partial charge on any atom is -0.475 e. The quantitative estimate of drug-likeness (QED) is 0.711. The van der Waals surface area contributed by atoms with Crippen LogP contribution in [-0.2, 0) is 16.1 Å². The summed E-state index contributed by atoms with van der Waals surface area (Å²) in [5, 5.41) is 14.8. The molecular formula is C21H28F3N5O3S. The number of hydrogen-bond donors (Lipinski definition) is 1. The van der Waals surface area contributed by atoms with E-state index in [1.807, 2.05) is 29.7 Å². The van der Waals surface area contributed by atoms with Crippen LogP contribution in [0.1, 0.15) is 49.4 Å². The van der Waals surface area contributed by atoms with Crippen LogP contribution in [0.3, 0.4) is 0 Å². The zero-order valence-electron chi connectivity index (χ0n) is 18.7. The number of piperidine rings is 1. The predicted molar refractivity (Wildman–Crippen MR) is 116 cm³/mol. The zero-order valence-corrected chi connectivity index (χ0v) is 19.6. The van der Waals surface area contributed by atoms with Gasteiger partial charge in [-0.05, 0) is 32.8 Å². The van der Waals surface area contributed by atoms with Crippen LogP contribution in [0, 0.1) is 5.41 Å². The van der Waals surface area contributed by atoms with Crippen LogP contribution < -0.4 is 0 Å². The largest absolute Gasteiger partial charge is 0.490 e. The third-order valence-corrected chi connectivity index (χ3v) is 6.90. The Morgan fingerprint density at radius 1 is 1.36 bits per heavy atom. The van der Waals surface area contributed by atoms with Gasteiger partial charge in [-0.25, -0.2) is 9.78 Å². The number of aliphatic carboxylic acids is 1. The summed E-state index contributed by atoms with van der Waals surface area (Å²) in [5.41, 5.74) is 0.863. The van der Waals surface area contributed by atoms with E-state index >= 15 is 0 Å². The topological polar surface area (TPSA) is 91.6 Å². The number of aromatic nitrogens is 3. The molecule has 2 atom stereocenters. The van der Waals surface area contributed by atoms with Crippen molar-refractivity contribution >= 4 is 23.2 Å². The standard InChI is InChI=1S/C19H27N5OS.C2HF3O2/c1-14(2)24-16(5-7-21-24)15-11-23(12-17-20-8-10-26-17)13-19(15)6-4-9-22(3)18(19)25;3-2(4,5)1(6)7/h5,7-8,10,14-15H,4,6,9,11-13H2,1-3H3;(H,6,7)/t15-,19+;/m0./s1. The normalized spacial score (nSPS) is 23.8. The summed E-state index contributed by atoms with van der Waals surface area (Å²) in [5.74, 6) is -2.28. The Morgan fingerprint density at radius 2 is 2.06 bits per heavy atom. The second kappa shape index (κ2) is 9.80. The van der Waals surface area contributed by atoms with Gasteiger partial charge in [-0.15, -0.1) is 11.3 Å². The van der Waals surface area contributed by atoms with Crippen LogP contribution in [0.15, 0.2) is 23.8 Å². The van der Waals surface area contributed by atoms with Gasteiger partial charge in [0.25, 0.3) is 0 Å². The molecule has 182 valence electrons. The summed E-state index contributed by atoms with van der Waals surface area (Å²) in [6.07, 6.45) is 0.679. The molecule has 2 aliphatic heterocycles. The van der Waals surface area contributed by atoms with E-state index in [0.29, 0.717) is 11.9 Å². The second-order valence-corrected chi connectivity index (χ2v) is 9.71. The highest BCUT2D eigenvalue weighted by Gasteiger charge is 2.55. The summed E-state index contributed by atoms with van der Waals surface area (Å²) in [6.45, 7) is 7.69. The van der Waals surface area contributed by atoms with E-state index in [-0.39, 0.29) is 11.3 Å². The van der Waals surface area contributed by atoms with Crippen molar-refractivity contribution in [1.82, 2.24) is 24.6 Å². The molecule has 2 aliphatic rings. The van der Waals surface area contributed by atoms with Crippen molar-refractivity contribution < 1.29 is 27.9 Å². The Hall–Kier alpha value is -2.47. The van der Waals surface area contributed by atoms with E-state index < -0.39 is 12.1 Å². The Kier molecular flexibility index (Phi) is 7.47. The number of carbonyl (C=O) groups excluding carboxylic acids is 1. The molecule has 1 amide bonds. The fourth-order valence-corrected chi connectivity index (χ4v) is 5.41. The Balaban J connectivity index is 0.000000383. The van der Waals surface area contributed by atoms with Gasteiger partial charge in [0.2, 0.25) is 5.91 Å². The molecule has 4 rings (SSSR count). The molecule has 2 aromatic heterocycles. The molecule has 4 heterocycles. The number of likely N-dealkylation sites (tertiary alicyclic amines) is 2. The number of nitrogens with zero attached hydrogens (tertiary/aromatic N) is 5. The maximum absolute atomic E-state index is 13.3. The first-order chi connectivity index (χ1) is 15.5. The third kappa shape index (κ3) is 5.37. The number of halogens is 3. The molecule has 2 fully saturated rings. The molecule has 0 aliphatic carbocycles. The molecular weight excluding hydrogens is 459 g/mol. The van der Waals surface area contributed by atoms with Gasteiger partial charge in [0.15, 0.2) is 0 Å². The second-order valence-electron chi connectivity index (χ2n) is 8.73. The maximum atomic E-state index is 13.3. The molecule has 0 aromatic carbocycles. The number of carbonyl (C=O) groups is 2. The first kappa shape index (κ1) is 25.2. The van der Waals surface area contributed by atoms with Crippen LogP contribution in [0.25, 0.3) is 0 Å². The monoisotopic (exact) mass is 487 g/mol. The zero-order chi connectivity index (χ0) is 24.4. The number of carboxylic acids is 1. The Bertz CT molecular complexity index is 963. The predicted octanol–water partition coefficient (Wildman–Crippen LogP) is 3.39. The number of amides is 1. The molecule has 12 heteroatoms. The molecule has 2 aromatic rings. The van der Waals surface area contributed by atoms with E-state index in [0.717, 1.165) is 44.0 Å². The SMILES string of the molecule is CC(C)n1nccc1[C@@H]1CN(Cc2nccs2)C[C@]12CCCN(C)C2=O.O=C(O)C(F)(F)F. The van der Waals surface area contributed by atoms with Crippen molar-refractivity contribution in [3.63, 3.8) is 0 Å². The Morgan fingerprint density at radius 3 is 2.64 bits per heavy atom. The van der Waals surface area contributed by atoms with E-state index in [1.54, 1.807) is 11.3 Å². The van der Waals surface area contributed by atoms with Gasteiger partial charge in [-0.2, -0.15) is 18.3 Å². The highest BCUT2D eigenvalue weighted by Crippen LogP contribution is 2.49. The molecule has 1 spiro atoms. The van der Waals surface area contributed by atoms with Gasteiger partial charge in [0.1, 0.15) is 5.01 Å². The fraction of sp³-hybridized carbons (Fsp3) is 0.619. The van der Waals surface area contributed by atoms with Crippen molar-refractivity contribution in [3.8, 4) is 0 Å². The highest BCUT2D eigenvalue weighted by molar-refractivity contribution is 7.09. The van der Waals surface area contributed by atoms with Crippen molar-refractivity contribution in [1.29, 1.82) is 0 Å². The van der Waals surface area contributed by atoms with Crippen molar-refractivity contribution in [2.45, 2.75) is 51.4 Å².